The lowest BCUT2D eigenvalue weighted by Gasteiger charge is -2.42. The van der Waals surface area contributed by atoms with Crippen LogP contribution in [0.1, 0.15) is 51.9 Å². The first-order valence-corrected chi connectivity index (χ1v) is 8.29. The Labute approximate surface area is 128 Å². The molecule has 2 rings (SSSR count). The normalized spacial score (nSPS) is 18.3. The van der Waals surface area contributed by atoms with Crippen molar-refractivity contribution in [2.24, 2.45) is 5.84 Å². The maximum atomic E-state index is 5.90. The van der Waals surface area contributed by atoms with Crippen LogP contribution in [0, 0.1) is 0 Å². The summed E-state index contributed by atoms with van der Waals surface area (Å²) in [6.07, 6.45) is 4.50. The molecule has 0 amide bonds. The highest BCUT2D eigenvalue weighted by atomic mass is 15.3. The number of hydrazine groups is 1. The van der Waals surface area contributed by atoms with Crippen LogP contribution in [0.3, 0.4) is 0 Å². The van der Waals surface area contributed by atoms with Crippen molar-refractivity contribution in [1.82, 2.24) is 20.1 Å². The number of aromatic nitrogens is 2. The lowest BCUT2D eigenvalue weighted by Crippen LogP contribution is -2.59. The molecule has 5 heteroatoms. The molecule has 1 fully saturated rings. The molecular formula is C16H31N5. The van der Waals surface area contributed by atoms with E-state index in [0.29, 0.717) is 0 Å². The van der Waals surface area contributed by atoms with Crippen LogP contribution in [0.5, 0.6) is 0 Å². The Morgan fingerprint density at radius 1 is 1.33 bits per heavy atom. The van der Waals surface area contributed by atoms with E-state index in [9.17, 15) is 0 Å². The number of aryl methyl sites for hydroxylation is 2. The van der Waals surface area contributed by atoms with Gasteiger partial charge in [0.05, 0.1) is 5.69 Å². The standard InChI is InChI=1S/C16H31N5/c1-5-13-11-14(21(6-2)19-13)12-15(18-17)16(3,4)20-9-7-8-10-20/h11,15,18H,5-10,12,17H2,1-4H3. The number of hydrogen-bond donors (Lipinski definition) is 2. The summed E-state index contributed by atoms with van der Waals surface area (Å²) < 4.78 is 2.11. The summed E-state index contributed by atoms with van der Waals surface area (Å²) in [4.78, 5) is 2.56. The summed E-state index contributed by atoms with van der Waals surface area (Å²) in [6.45, 7) is 12.2. The summed E-state index contributed by atoms with van der Waals surface area (Å²) in [7, 11) is 0. The Kier molecular flexibility index (Phi) is 5.41. The number of nitrogens with one attached hydrogen (secondary N) is 1. The molecule has 1 aromatic heterocycles. The number of nitrogens with zero attached hydrogens (tertiary/aromatic N) is 3. The van der Waals surface area contributed by atoms with Crippen LogP contribution < -0.4 is 11.3 Å². The third-order valence-electron chi connectivity index (χ3n) is 4.96. The van der Waals surface area contributed by atoms with E-state index in [1.54, 1.807) is 0 Å². The molecule has 1 aliphatic heterocycles. The second kappa shape index (κ2) is 6.90. The van der Waals surface area contributed by atoms with Crippen molar-refractivity contribution in [3.63, 3.8) is 0 Å². The summed E-state index contributed by atoms with van der Waals surface area (Å²) >= 11 is 0. The van der Waals surface area contributed by atoms with E-state index in [2.05, 4.69) is 53.9 Å². The molecule has 1 aromatic rings. The highest BCUT2D eigenvalue weighted by molar-refractivity contribution is 5.14. The molecule has 0 radical (unpaired) electrons. The molecule has 0 spiro atoms. The molecule has 1 atom stereocenters. The van der Waals surface area contributed by atoms with Gasteiger partial charge >= 0.3 is 0 Å². The molecular weight excluding hydrogens is 262 g/mol. The van der Waals surface area contributed by atoms with E-state index in [1.165, 1.54) is 37.3 Å². The predicted molar refractivity (Wildman–Crippen MR) is 87.0 cm³/mol. The van der Waals surface area contributed by atoms with Crippen LogP contribution in [0.25, 0.3) is 0 Å². The van der Waals surface area contributed by atoms with Gasteiger partial charge in [-0.15, -0.1) is 0 Å². The van der Waals surface area contributed by atoms with Crippen LogP contribution >= 0.6 is 0 Å². The molecule has 5 nitrogen and oxygen atoms in total. The molecule has 3 N–H and O–H groups in total. The van der Waals surface area contributed by atoms with E-state index < -0.39 is 0 Å². The van der Waals surface area contributed by atoms with E-state index in [0.717, 1.165) is 19.4 Å². The first-order valence-electron chi connectivity index (χ1n) is 8.29. The van der Waals surface area contributed by atoms with Crippen molar-refractivity contribution in [3.8, 4) is 0 Å². The first-order chi connectivity index (χ1) is 10.0. The lowest BCUT2D eigenvalue weighted by molar-refractivity contribution is 0.105. The van der Waals surface area contributed by atoms with Gasteiger partial charge in [-0.1, -0.05) is 6.92 Å². The Morgan fingerprint density at radius 3 is 2.52 bits per heavy atom. The lowest BCUT2D eigenvalue weighted by atomic mass is 9.89. The van der Waals surface area contributed by atoms with Crippen molar-refractivity contribution < 1.29 is 0 Å². The third kappa shape index (κ3) is 3.47. The van der Waals surface area contributed by atoms with E-state index in [4.69, 9.17) is 5.84 Å². The number of hydrogen-bond acceptors (Lipinski definition) is 4. The van der Waals surface area contributed by atoms with Crippen molar-refractivity contribution >= 4 is 0 Å². The average Bonchev–Trinajstić information content (AvgIpc) is 3.13. The molecule has 2 heterocycles. The maximum Gasteiger partial charge on any atom is 0.0624 e. The van der Waals surface area contributed by atoms with Gasteiger partial charge in [0.2, 0.25) is 0 Å². The zero-order valence-electron chi connectivity index (χ0n) is 14.0. The highest BCUT2D eigenvalue weighted by Gasteiger charge is 2.36. The van der Waals surface area contributed by atoms with Gasteiger partial charge in [0.1, 0.15) is 0 Å². The quantitative estimate of drug-likeness (QED) is 0.593. The van der Waals surface area contributed by atoms with Crippen molar-refractivity contribution in [2.75, 3.05) is 13.1 Å². The molecule has 0 aliphatic carbocycles. The second-order valence-corrected chi connectivity index (χ2v) is 6.57. The number of rotatable bonds is 7. The summed E-state index contributed by atoms with van der Waals surface area (Å²) in [5, 5.41) is 4.65. The largest absolute Gasteiger partial charge is 0.297 e. The van der Waals surface area contributed by atoms with Crippen LogP contribution in [-0.2, 0) is 19.4 Å². The van der Waals surface area contributed by atoms with Gasteiger partial charge in [0.15, 0.2) is 0 Å². The van der Waals surface area contributed by atoms with Gasteiger partial charge in [-0.05, 0) is 59.2 Å². The van der Waals surface area contributed by atoms with Crippen LogP contribution in [0.4, 0.5) is 0 Å². The number of likely N-dealkylation sites (tertiary alicyclic amines) is 1. The zero-order chi connectivity index (χ0) is 15.5. The van der Waals surface area contributed by atoms with Crippen molar-refractivity contribution in [3.05, 3.63) is 17.5 Å². The Bertz CT molecular complexity index is 446. The van der Waals surface area contributed by atoms with Gasteiger partial charge < -0.3 is 0 Å². The number of nitrogens with two attached hydrogens (primary N) is 1. The molecule has 1 saturated heterocycles. The van der Waals surface area contributed by atoms with E-state index >= 15 is 0 Å². The van der Waals surface area contributed by atoms with Crippen molar-refractivity contribution in [1.29, 1.82) is 0 Å². The SMILES string of the molecule is CCc1cc(CC(NN)C(C)(C)N2CCCC2)n(CC)n1. The molecule has 0 bridgehead atoms. The predicted octanol–water partition coefficient (Wildman–Crippen LogP) is 1.71. The Morgan fingerprint density at radius 2 is 2.00 bits per heavy atom. The fourth-order valence-corrected chi connectivity index (χ4v) is 3.36. The smallest absolute Gasteiger partial charge is 0.0624 e. The molecule has 1 aliphatic rings. The van der Waals surface area contributed by atoms with Gasteiger partial charge in [0, 0.05) is 30.2 Å². The monoisotopic (exact) mass is 293 g/mol. The van der Waals surface area contributed by atoms with Gasteiger partial charge in [0.25, 0.3) is 0 Å². The summed E-state index contributed by atoms with van der Waals surface area (Å²) in [5.41, 5.74) is 5.57. The van der Waals surface area contributed by atoms with Gasteiger partial charge in [-0.3, -0.25) is 20.9 Å². The minimum absolute atomic E-state index is 0.0560. The zero-order valence-corrected chi connectivity index (χ0v) is 14.0. The average molecular weight is 293 g/mol. The minimum Gasteiger partial charge on any atom is -0.297 e. The Balaban J connectivity index is 2.16. The molecule has 0 saturated carbocycles. The summed E-state index contributed by atoms with van der Waals surface area (Å²) in [5.74, 6) is 5.90. The first kappa shape index (κ1) is 16.5. The Hall–Kier alpha value is -0.910. The van der Waals surface area contributed by atoms with Crippen LogP contribution in [0.2, 0.25) is 0 Å². The third-order valence-corrected chi connectivity index (χ3v) is 4.96. The van der Waals surface area contributed by atoms with Gasteiger partial charge in [-0.2, -0.15) is 5.10 Å². The van der Waals surface area contributed by atoms with E-state index in [1.807, 2.05) is 0 Å². The summed E-state index contributed by atoms with van der Waals surface area (Å²) in [6, 6.07) is 2.45. The topological polar surface area (TPSA) is 59.1 Å². The second-order valence-electron chi connectivity index (χ2n) is 6.57. The highest BCUT2D eigenvalue weighted by Crippen LogP contribution is 2.26. The molecule has 120 valence electrons. The van der Waals surface area contributed by atoms with Crippen LogP contribution in [-0.4, -0.2) is 39.4 Å². The van der Waals surface area contributed by atoms with E-state index in [-0.39, 0.29) is 11.6 Å². The molecule has 21 heavy (non-hydrogen) atoms. The minimum atomic E-state index is 0.0560. The van der Waals surface area contributed by atoms with Crippen LogP contribution in [0.15, 0.2) is 6.07 Å². The maximum absolute atomic E-state index is 5.90. The molecule has 1 unspecified atom stereocenters. The fourth-order valence-electron chi connectivity index (χ4n) is 3.36. The van der Waals surface area contributed by atoms with Gasteiger partial charge in [-0.25, -0.2) is 0 Å². The fraction of sp³-hybridized carbons (Fsp3) is 0.812. The van der Waals surface area contributed by atoms with Crippen molar-refractivity contribution in [2.45, 2.75) is 71.5 Å². The molecule has 0 aromatic carbocycles.